The number of nitrogens with one attached hydrogen (secondary N) is 1. The molecule has 1 saturated heterocycles. The summed E-state index contributed by atoms with van der Waals surface area (Å²) in [5.74, 6) is -0.837. The van der Waals surface area contributed by atoms with E-state index in [0.29, 0.717) is 25.3 Å². The number of carbonyl (C=O) groups is 2. The number of ether oxygens (including phenoxy) is 1. The Morgan fingerprint density at radius 3 is 2.73 bits per heavy atom. The molecule has 2 fully saturated rings. The van der Waals surface area contributed by atoms with Crippen LogP contribution in [0.5, 0.6) is 0 Å². The van der Waals surface area contributed by atoms with E-state index in [9.17, 15) is 14.0 Å². The normalized spacial score (nSPS) is 28.2. The van der Waals surface area contributed by atoms with Gasteiger partial charge in [-0.05, 0) is 43.7 Å². The van der Waals surface area contributed by atoms with Gasteiger partial charge < -0.3 is 10.1 Å². The van der Waals surface area contributed by atoms with Crippen molar-refractivity contribution < 1.29 is 18.7 Å². The van der Waals surface area contributed by atoms with Crippen LogP contribution in [0, 0.1) is 11.7 Å². The summed E-state index contributed by atoms with van der Waals surface area (Å²) in [5, 5.41) is 2.73. The molecule has 1 aliphatic heterocycles. The smallest absolute Gasteiger partial charge is 0.259 e. The molecule has 0 bridgehead atoms. The van der Waals surface area contributed by atoms with Gasteiger partial charge in [-0.2, -0.15) is 0 Å². The summed E-state index contributed by atoms with van der Waals surface area (Å²) < 4.78 is 20.3. The number of hydrogen-bond donors (Lipinski definition) is 1. The first kappa shape index (κ1) is 18.6. The highest BCUT2D eigenvalue weighted by Gasteiger charge is 2.53. The lowest BCUT2D eigenvalue weighted by Gasteiger charge is -2.43. The number of benzene rings is 1. The van der Waals surface area contributed by atoms with Gasteiger partial charge in [0.2, 0.25) is 5.91 Å². The Morgan fingerprint density at radius 2 is 2.08 bits per heavy atom. The van der Waals surface area contributed by atoms with Crippen molar-refractivity contribution in [2.24, 2.45) is 5.92 Å². The SMILES string of the molecule is C=CCNC(=O)[C@@H]1COC2(CCC(C)CC2)N1C(=O)c1ccccc1F. The zero-order valence-corrected chi connectivity index (χ0v) is 15.0. The van der Waals surface area contributed by atoms with Gasteiger partial charge in [0, 0.05) is 6.54 Å². The molecular weight excluding hydrogens is 335 g/mol. The predicted octanol–water partition coefficient (Wildman–Crippen LogP) is 2.88. The second kappa shape index (κ2) is 7.58. The van der Waals surface area contributed by atoms with E-state index in [1.54, 1.807) is 18.2 Å². The molecule has 1 N–H and O–H groups in total. The highest BCUT2D eigenvalue weighted by atomic mass is 19.1. The maximum Gasteiger partial charge on any atom is 0.259 e. The van der Waals surface area contributed by atoms with Crippen LogP contribution in [0.15, 0.2) is 36.9 Å². The number of rotatable bonds is 4. The van der Waals surface area contributed by atoms with Gasteiger partial charge in [0.05, 0.1) is 12.2 Å². The standard InChI is InChI=1S/C20H25FN2O3/c1-3-12-22-18(24)17-13-26-20(10-8-14(2)9-11-20)23(17)19(25)15-6-4-5-7-16(15)21/h3-7,14,17H,1,8-13H2,2H3,(H,22,24)/t14?,17-,20?/m0/s1. The molecule has 1 aromatic carbocycles. The second-order valence-corrected chi connectivity index (χ2v) is 7.14. The molecule has 3 rings (SSSR count). The summed E-state index contributed by atoms with van der Waals surface area (Å²) in [5.41, 5.74) is -0.861. The molecule has 1 saturated carbocycles. The summed E-state index contributed by atoms with van der Waals surface area (Å²) in [7, 11) is 0. The molecule has 0 radical (unpaired) electrons. The van der Waals surface area contributed by atoms with E-state index in [0.717, 1.165) is 12.8 Å². The first-order valence-corrected chi connectivity index (χ1v) is 9.09. The zero-order chi connectivity index (χ0) is 18.7. The molecule has 5 nitrogen and oxygen atoms in total. The van der Waals surface area contributed by atoms with E-state index in [4.69, 9.17) is 4.74 Å². The lowest BCUT2D eigenvalue weighted by Crippen LogP contribution is -2.57. The van der Waals surface area contributed by atoms with E-state index >= 15 is 0 Å². The van der Waals surface area contributed by atoms with Crippen LogP contribution < -0.4 is 5.32 Å². The topological polar surface area (TPSA) is 58.6 Å². The third-order valence-corrected chi connectivity index (χ3v) is 5.36. The number of hydrogen-bond acceptors (Lipinski definition) is 3. The van der Waals surface area contributed by atoms with Gasteiger partial charge in [0.1, 0.15) is 17.6 Å². The second-order valence-electron chi connectivity index (χ2n) is 7.14. The molecule has 0 unspecified atom stereocenters. The quantitative estimate of drug-likeness (QED) is 0.840. The van der Waals surface area contributed by atoms with Crippen molar-refractivity contribution in [2.75, 3.05) is 13.2 Å². The fourth-order valence-electron chi connectivity index (χ4n) is 3.84. The van der Waals surface area contributed by atoms with Gasteiger partial charge in [-0.1, -0.05) is 25.1 Å². The Hall–Kier alpha value is -2.21. The van der Waals surface area contributed by atoms with Crippen molar-refractivity contribution in [2.45, 2.75) is 44.4 Å². The molecular formula is C20H25FN2O3. The van der Waals surface area contributed by atoms with Crippen LogP contribution in [0.25, 0.3) is 0 Å². The van der Waals surface area contributed by atoms with Crippen LogP contribution in [0.1, 0.15) is 43.0 Å². The molecule has 140 valence electrons. The molecule has 6 heteroatoms. The van der Waals surface area contributed by atoms with E-state index in [1.807, 2.05) is 0 Å². The molecule has 1 atom stereocenters. The maximum atomic E-state index is 14.2. The van der Waals surface area contributed by atoms with E-state index in [-0.39, 0.29) is 18.1 Å². The third-order valence-electron chi connectivity index (χ3n) is 5.36. The Bertz CT molecular complexity index is 698. The molecule has 2 amide bonds. The Morgan fingerprint density at radius 1 is 1.38 bits per heavy atom. The minimum Gasteiger partial charge on any atom is -0.353 e. The number of nitrogens with zero attached hydrogens (tertiary/aromatic N) is 1. The molecule has 26 heavy (non-hydrogen) atoms. The Labute approximate surface area is 153 Å². The maximum absolute atomic E-state index is 14.2. The zero-order valence-electron chi connectivity index (χ0n) is 15.0. The highest BCUT2D eigenvalue weighted by Crippen LogP contribution is 2.43. The van der Waals surface area contributed by atoms with Crippen molar-refractivity contribution in [1.29, 1.82) is 0 Å². The molecule has 2 aliphatic rings. The van der Waals surface area contributed by atoms with E-state index < -0.39 is 23.5 Å². The molecule has 1 aliphatic carbocycles. The minimum absolute atomic E-state index is 0.0301. The molecule has 1 spiro atoms. The molecule has 1 heterocycles. The lowest BCUT2D eigenvalue weighted by atomic mass is 9.83. The van der Waals surface area contributed by atoms with Gasteiger partial charge in [-0.3, -0.25) is 14.5 Å². The van der Waals surface area contributed by atoms with Crippen molar-refractivity contribution in [3.63, 3.8) is 0 Å². The summed E-state index contributed by atoms with van der Waals surface area (Å²) in [4.78, 5) is 27.3. The van der Waals surface area contributed by atoms with Crippen molar-refractivity contribution in [3.8, 4) is 0 Å². The Kier molecular flexibility index (Phi) is 5.41. The molecule has 0 aromatic heterocycles. The van der Waals surface area contributed by atoms with Gasteiger partial charge in [-0.15, -0.1) is 6.58 Å². The van der Waals surface area contributed by atoms with Gasteiger partial charge >= 0.3 is 0 Å². The van der Waals surface area contributed by atoms with Crippen LogP contribution in [0.2, 0.25) is 0 Å². The lowest BCUT2D eigenvalue weighted by molar-refractivity contribution is -0.127. The van der Waals surface area contributed by atoms with Crippen LogP contribution in [-0.4, -0.2) is 41.6 Å². The van der Waals surface area contributed by atoms with E-state index in [1.165, 1.54) is 17.0 Å². The van der Waals surface area contributed by atoms with Crippen molar-refractivity contribution in [1.82, 2.24) is 10.2 Å². The summed E-state index contributed by atoms with van der Waals surface area (Å²) in [6.07, 6.45) is 4.69. The average molecular weight is 360 g/mol. The number of carbonyl (C=O) groups excluding carboxylic acids is 2. The first-order valence-electron chi connectivity index (χ1n) is 9.09. The number of amides is 2. The summed E-state index contributed by atoms with van der Waals surface area (Å²) >= 11 is 0. The minimum atomic E-state index is -0.831. The van der Waals surface area contributed by atoms with Gasteiger partial charge in [0.25, 0.3) is 5.91 Å². The van der Waals surface area contributed by atoms with E-state index in [2.05, 4.69) is 18.8 Å². The molecule has 1 aromatic rings. The third kappa shape index (κ3) is 3.38. The fourth-order valence-corrected chi connectivity index (χ4v) is 3.84. The van der Waals surface area contributed by atoms with Crippen LogP contribution in [-0.2, 0) is 9.53 Å². The van der Waals surface area contributed by atoms with Gasteiger partial charge in [-0.25, -0.2) is 4.39 Å². The highest BCUT2D eigenvalue weighted by molar-refractivity contribution is 5.98. The van der Waals surface area contributed by atoms with Crippen LogP contribution in [0.3, 0.4) is 0 Å². The van der Waals surface area contributed by atoms with Crippen LogP contribution >= 0.6 is 0 Å². The fraction of sp³-hybridized carbons (Fsp3) is 0.500. The summed E-state index contributed by atoms with van der Waals surface area (Å²) in [6.45, 7) is 6.18. The monoisotopic (exact) mass is 360 g/mol. The van der Waals surface area contributed by atoms with Crippen LogP contribution in [0.4, 0.5) is 4.39 Å². The first-order chi connectivity index (χ1) is 12.5. The van der Waals surface area contributed by atoms with Gasteiger partial charge in [0.15, 0.2) is 0 Å². The van der Waals surface area contributed by atoms with Crippen molar-refractivity contribution in [3.05, 3.63) is 48.3 Å². The average Bonchev–Trinajstić information content (AvgIpc) is 3.01. The Balaban J connectivity index is 1.94. The number of halogens is 1. The predicted molar refractivity (Wildman–Crippen MR) is 95.9 cm³/mol. The largest absolute Gasteiger partial charge is 0.353 e. The summed E-state index contributed by atoms with van der Waals surface area (Å²) in [6, 6.07) is 5.10. The van der Waals surface area contributed by atoms with Crippen molar-refractivity contribution >= 4 is 11.8 Å².